The molecule has 0 fully saturated rings. The Kier molecular flexibility index (Phi) is 6.68. The molecular formula is C23H22FN3O2. The van der Waals surface area contributed by atoms with Gasteiger partial charge in [-0.3, -0.25) is 14.6 Å². The van der Waals surface area contributed by atoms with E-state index < -0.39 is 0 Å². The summed E-state index contributed by atoms with van der Waals surface area (Å²) in [4.78, 5) is 28.8. The van der Waals surface area contributed by atoms with E-state index in [2.05, 4.69) is 15.6 Å². The molecule has 0 radical (unpaired) electrons. The summed E-state index contributed by atoms with van der Waals surface area (Å²) in [7, 11) is 0. The van der Waals surface area contributed by atoms with Gasteiger partial charge in [0.1, 0.15) is 11.5 Å². The lowest BCUT2D eigenvalue weighted by molar-refractivity contribution is 0.0949. The van der Waals surface area contributed by atoms with Crippen molar-refractivity contribution in [3.8, 4) is 0 Å². The van der Waals surface area contributed by atoms with E-state index in [1.54, 1.807) is 18.2 Å². The summed E-state index contributed by atoms with van der Waals surface area (Å²) in [6.45, 7) is 2.78. The SMILES string of the molecule is Cc1cccc(CNC(=O)c2ccnc(C(=O)NCCc3ccc(F)cc3)c2)c1. The monoisotopic (exact) mass is 391 g/mol. The molecule has 0 aliphatic heterocycles. The Morgan fingerprint density at radius 3 is 2.48 bits per heavy atom. The Bertz CT molecular complexity index is 1000. The molecule has 0 spiro atoms. The van der Waals surface area contributed by atoms with Crippen molar-refractivity contribution >= 4 is 11.8 Å². The molecule has 3 rings (SSSR count). The molecule has 2 aromatic carbocycles. The second-order valence-corrected chi connectivity index (χ2v) is 6.73. The number of aromatic nitrogens is 1. The number of carbonyl (C=O) groups is 2. The van der Waals surface area contributed by atoms with Gasteiger partial charge in [0.25, 0.3) is 11.8 Å². The van der Waals surface area contributed by atoms with Crippen LogP contribution in [0.3, 0.4) is 0 Å². The fraction of sp³-hybridized carbons (Fsp3) is 0.174. The van der Waals surface area contributed by atoms with E-state index in [-0.39, 0.29) is 23.3 Å². The van der Waals surface area contributed by atoms with Crippen LogP contribution in [0.25, 0.3) is 0 Å². The van der Waals surface area contributed by atoms with E-state index in [0.29, 0.717) is 25.1 Å². The van der Waals surface area contributed by atoms with Crippen LogP contribution in [0.1, 0.15) is 37.5 Å². The molecule has 1 heterocycles. The highest BCUT2D eigenvalue weighted by atomic mass is 19.1. The van der Waals surface area contributed by atoms with Crippen molar-refractivity contribution in [2.75, 3.05) is 6.54 Å². The molecule has 0 bridgehead atoms. The molecule has 6 heteroatoms. The standard InChI is InChI=1S/C23H22FN3O2/c1-16-3-2-4-18(13-16)15-27-22(28)19-10-12-25-21(14-19)23(29)26-11-9-17-5-7-20(24)8-6-17/h2-8,10,12-14H,9,11,15H2,1H3,(H,26,29)(H,27,28). The van der Waals surface area contributed by atoms with Crippen LogP contribution in [0.2, 0.25) is 0 Å². The van der Waals surface area contributed by atoms with E-state index in [9.17, 15) is 14.0 Å². The van der Waals surface area contributed by atoms with Crippen molar-refractivity contribution in [3.05, 3.63) is 101 Å². The molecule has 0 unspecified atom stereocenters. The second kappa shape index (κ2) is 9.59. The van der Waals surface area contributed by atoms with Gasteiger partial charge < -0.3 is 10.6 Å². The minimum atomic E-state index is -0.361. The third kappa shape index (κ3) is 5.97. The summed E-state index contributed by atoms with van der Waals surface area (Å²) in [6.07, 6.45) is 2.01. The zero-order valence-electron chi connectivity index (χ0n) is 16.1. The van der Waals surface area contributed by atoms with Gasteiger partial charge in [0, 0.05) is 24.8 Å². The van der Waals surface area contributed by atoms with Gasteiger partial charge in [-0.15, -0.1) is 0 Å². The molecule has 0 aliphatic carbocycles. The molecule has 2 amide bonds. The lowest BCUT2D eigenvalue weighted by atomic mass is 10.1. The first-order valence-electron chi connectivity index (χ1n) is 9.34. The fourth-order valence-electron chi connectivity index (χ4n) is 2.86. The maximum atomic E-state index is 12.9. The van der Waals surface area contributed by atoms with Crippen molar-refractivity contribution in [2.24, 2.45) is 0 Å². The molecular weight excluding hydrogens is 369 g/mol. The minimum absolute atomic E-state index is 0.173. The van der Waals surface area contributed by atoms with Gasteiger partial charge in [-0.2, -0.15) is 0 Å². The van der Waals surface area contributed by atoms with Crippen LogP contribution in [0.15, 0.2) is 66.9 Å². The quantitative estimate of drug-likeness (QED) is 0.648. The normalized spacial score (nSPS) is 10.4. The number of nitrogens with one attached hydrogen (secondary N) is 2. The van der Waals surface area contributed by atoms with Gasteiger partial charge in [-0.25, -0.2) is 4.39 Å². The van der Waals surface area contributed by atoms with Gasteiger partial charge in [0.05, 0.1) is 0 Å². The van der Waals surface area contributed by atoms with Crippen molar-refractivity contribution in [2.45, 2.75) is 19.9 Å². The Morgan fingerprint density at radius 1 is 0.931 bits per heavy atom. The number of amides is 2. The summed E-state index contributed by atoms with van der Waals surface area (Å²) < 4.78 is 12.9. The zero-order valence-corrected chi connectivity index (χ0v) is 16.1. The molecule has 29 heavy (non-hydrogen) atoms. The first-order valence-corrected chi connectivity index (χ1v) is 9.34. The lowest BCUT2D eigenvalue weighted by Gasteiger charge is -2.08. The third-order valence-electron chi connectivity index (χ3n) is 4.40. The summed E-state index contributed by atoms with van der Waals surface area (Å²) in [5.74, 6) is -0.922. The Balaban J connectivity index is 1.54. The van der Waals surface area contributed by atoms with Crippen LogP contribution in [0.5, 0.6) is 0 Å². The predicted octanol–water partition coefficient (Wildman–Crippen LogP) is 3.43. The molecule has 0 saturated heterocycles. The molecule has 148 valence electrons. The predicted molar refractivity (Wildman–Crippen MR) is 109 cm³/mol. The number of benzene rings is 2. The minimum Gasteiger partial charge on any atom is -0.350 e. The number of halogens is 1. The zero-order chi connectivity index (χ0) is 20.6. The van der Waals surface area contributed by atoms with Crippen LogP contribution in [-0.4, -0.2) is 23.3 Å². The number of rotatable bonds is 7. The summed E-state index contributed by atoms with van der Waals surface area (Å²) in [6, 6.07) is 17.1. The van der Waals surface area contributed by atoms with Crippen molar-refractivity contribution < 1.29 is 14.0 Å². The molecule has 0 saturated carbocycles. The number of hydrogen-bond donors (Lipinski definition) is 2. The molecule has 0 atom stereocenters. The lowest BCUT2D eigenvalue weighted by Crippen LogP contribution is -2.28. The number of hydrogen-bond acceptors (Lipinski definition) is 3. The van der Waals surface area contributed by atoms with Gasteiger partial charge in [-0.1, -0.05) is 42.0 Å². The van der Waals surface area contributed by atoms with Gasteiger partial charge in [-0.05, 0) is 48.7 Å². The molecule has 0 aliphatic rings. The topological polar surface area (TPSA) is 71.1 Å². The van der Waals surface area contributed by atoms with Crippen molar-refractivity contribution in [3.63, 3.8) is 0 Å². The van der Waals surface area contributed by atoms with Crippen LogP contribution < -0.4 is 10.6 Å². The van der Waals surface area contributed by atoms with E-state index >= 15 is 0 Å². The van der Waals surface area contributed by atoms with E-state index in [1.165, 1.54) is 24.4 Å². The van der Waals surface area contributed by atoms with E-state index in [1.807, 2.05) is 31.2 Å². The average molecular weight is 391 g/mol. The maximum Gasteiger partial charge on any atom is 0.269 e. The first-order chi connectivity index (χ1) is 14.0. The smallest absolute Gasteiger partial charge is 0.269 e. The first kappa shape index (κ1) is 20.2. The molecule has 1 aromatic heterocycles. The highest BCUT2D eigenvalue weighted by Gasteiger charge is 2.11. The largest absolute Gasteiger partial charge is 0.350 e. The van der Waals surface area contributed by atoms with E-state index in [0.717, 1.165) is 16.7 Å². The molecule has 5 nitrogen and oxygen atoms in total. The Hall–Kier alpha value is -3.54. The van der Waals surface area contributed by atoms with E-state index in [4.69, 9.17) is 0 Å². The van der Waals surface area contributed by atoms with Crippen LogP contribution in [0, 0.1) is 12.7 Å². The highest BCUT2D eigenvalue weighted by Crippen LogP contribution is 2.06. The van der Waals surface area contributed by atoms with Crippen molar-refractivity contribution in [1.82, 2.24) is 15.6 Å². The number of carbonyl (C=O) groups excluding carboxylic acids is 2. The van der Waals surface area contributed by atoms with Crippen LogP contribution in [-0.2, 0) is 13.0 Å². The fourth-order valence-corrected chi connectivity index (χ4v) is 2.86. The van der Waals surface area contributed by atoms with Gasteiger partial charge in [0.2, 0.25) is 0 Å². The summed E-state index contributed by atoms with van der Waals surface area (Å²) in [5, 5.41) is 5.61. The molecule has 2 N–H and O–H groups in total. The van der Waals surface area contributed by atoms with Gasteiger partial charge >= 0.3 is 0 Å². The number of pyridine rings is 1. The second-order valence-electron chi connectivity index (χ2n) is 6.73. The Morgan fingerprint density at radius 2 is 1.72 bits per heavy atom. The summed E-state index contributed by atoms with van der Waals surface area (Å²) in [5.41, 5.74) is 3.60. The highest BCUT2D eigenvalue weighted by molar-refractivity contribution is 5.98. The number of aryl methyl sites for hydroxylation is 1. The van der Waals surface area contributed by atoms with Crippen LogP contribution >= 0.6 is 0 Å². The average Bonchev–Trinajstić information content (AvgIpc) is 2.73. The number of nitrogens with zero attached hydrogens (tertiary/aromatic N) is 1. The van der Waals surface area contributed by atoms with Gasteiger partial charge in [0.15, 0.2) is 0 Å². The maximum absolute atomic E-state index is 12.9. The molecule has 3 aromatic rings. The Labute approximate surface area is 169 Å². The summed E-state index contributed by atoms with van der Waals surface area (Å²) >= 11 is 0. The third-order valence-corrected chi connectivity index (χ3v) is 4.40. The van der Waals surface area contributed by atoms with Crippen molar-refractivity contribution in [1.29, 1.82) is 0 Å². The van der Waals surface area contributed by atoms with Crippen LogP contribution in [0.4, 0.5) is 4.39 Å².